The molecule has 5 heteroatoms. The Labute approximate surface area is 106 Å². The number of hydrazone groups is 1. The number of nitrogens with zero attached hydrogens (tertiary/aromatic N) is 3. The third kappa shape index (κ3) is 2.36. The van der Waals surface area contributed by atoms with Crippen molar-refractivity contribution in [2.75, 3.05) is 32.8 Å². The van der Waals surface area contributed by atoms with Gasteiger partial charge in [0.25, 0.3) is 0 Å². The zero-order valence-corrected chi connectivity index (χ0v) is 10.2. The maximum absolute atomic E-state index is 5.33. The van der Waals surface area contributed by atoms with E-state index in [0.29, 0.717) is 6.54 Å². The monoisotopic (exact) mass is 244 g/mol. The van der Waals surface area contributed by atoms with Crippen LogP contribution in [-0.2, 0) is 4.74 Å². The summed E-state index contributed by atoms with van der Waals surface area (Å²) in [6.45, 7) is 3.98. The van der Waals surface area contributed by atoms with Crippen molar-refractivity contribution in [1.29, 1.82) is 0 Å². The van der Waals surface area contributed by atoms with Crippen molar-refractivity contribution in [3.05, 3.63) is 35.9 Å². The smallest absolute Gasteiger partial charge is 0.149 e. The van der Waals surface area contributed by atoms with E-state index >= 15 is 0 Å². The molecule has 0 saturated carbocycles. The lowest BCUT2D eigenvalue weighted by Gasteiger charge is -2.30. The van der Waals surface area contributed by atoms with Gasteiger partial charge < -0.3 is 9.64 Å². The Bertz CT molecular complexity index is 463. The van der Waals surface area contributed by atoms with E-state index in [-0.39, 0.29) is 0 Å². The van der Waals surface area contributed by atoms with Crippen LogP contribution in [0.1, 0.15) is 5.56 Å². The van der Waals surface area contributed by atoms with Gasteiger partial charge >= 0.3 is 0 Å². The molecule has 0 atom stereocenters. The molecule has 0 spiro atoms. The van der Waals surface area contributed by atoms with Gasteiger partial charge in [0.1, 0.15) is 18.2 Å². The molecule has 1 fully saturated rings. The Morgan fingerprint density at radius 2 is 1.89 bits per heavy atom. The highest BCUT2D eigenvalue weighted by atomic mass is 16.5. The van der Waals surface area contributed by atoms with Crippen LogP contribution in [0.4, 0.5) is 0 Å². The average Bonchev–Trinajstić information content (AvgIpc) is 2.49. The third-order valence-corrected chi connectivity index (χ3v) is 3.09. The van der Waals surface area contributed by atoms with E-state index in [1.54, 1.807) is 0 Å². The number of hydrogen-bond acceptors (Lipinski definition) is 5. The molecule has 1 saturated heterocycles. The molecule has 2 heterocycles. The summed E-state index contributed by atoms with van der Waals surface area (Å²) in [5, 5.41) is 4.42. The summed E-state index contributed by atoms with van der Waals surface area (Å²) in [6, 6.07) is 10.1. The molecule has 1 aromatic rings. The highest BCUT2D eigenvalue weighted by molar-refractivity contribution is 6.02. The minimum atomic E-state index is 0.636. The molecule has 1 aromatic carbocycles. The van der Waals surface area contributed by atoms with Crippen molar-refractivity contribution in [2.24, 2.45) is 10.1 Å². The fourth-order valence-electron chi connectivity index (χ4n) is 2.08. The van der Waals surface area contributed by atoms with E-state index in [1.807, 2.05) is 30.3 Å². The molecule has 94 valence electrons. The van der Waals surface area contributed by atoms with Crippen molar-refractivity contribution in [3.8, 4) is 0 Å². The Balaban J connectivity index is 1.66. The Morgan fingerprint density at radius 1 is 1.11 bits per heavy atom. The van der Waals surface area contributed by atoms with Crippen LogP contribution in [0.15, 0.2) is 40.4 Å². The Hall–Kier alpha value is -1.88. The molecular formula is C13H16N4O. The third-order valence-electron chi connectivity index (χ3n) is 3.09. The van der Waals surface area contributed by atoms with Gasteiger partial charge in [-0.05, 0) is 0 Å². The number of benzene rings is 1. The fourth-order valence-corrected chi connectivity index (χ4v) is 2.08. The van der Waals surface area contributed by atoms with E-state index in [4.69, 9.17) is 4.74 Å². The minimum Gasteiger partial charge on any atom is -0.378 e. The molecule has 1 N–H and O–H groups in total. The highest BCUT2D eigenvalue weighted by Crippen LogP contribution is 2.05. The summed E-state index contributed by atoms with van der Waals surface area (Å²) in [6.07, 6.45) is 0. The first-order valence-electron chi connectivity index (χ1n) is 6.18. The summed E-state index contributed by atoms with van der Waals surface area (Å²) in [5.74, 6) is 1.84. The zero-order chi connectivity index (χ0) is 12.2. The number of nitrogens with one attached hydrogen (secondary N) is 1. The molecule has 0 aliphatic carbocycles. The van der Waals surface area contributed by atoms with Crippen LogP contribution in [0.2, 0.25) is 0 Å². The molecule has 0 bridgehead atoms. The van der Waals surface area contributed by atoms with Crippen LogP contribution in [0.5, 0.6) is 0 Å². The van der Waals surface area contributed by atoms with Crippen molar-refractivity contribution < 1.29 is 4.74 Å². The topological polar surface area (TPSA) is 49.2 Å². The number of hydrogen-bond donors (Lipinski definition) is 1. The normalized spacial score (nSPS) is 19.9. The quantitative estimate of drug-likeness (QED) is 0.790. The predicted octanol–water partition coefficient (Wildman–Crippen LogP) is 0.682. The van der Waals surface area contributed by atoms with Crippen LogP contribution >= 0.6 is 0 Å². The van der Waals surface area contributed by atoms with Gasteiger partial charge in [-0.2, -0.15) is 5.10 Å². The van der Waals surface area contributed by atoms with Gasteiger partial charge in [0.05, 0.1) is 13.2 Å². The number of ether oxygens (including phenoxy) is 1. The predicted molar refractivity (Wildman–Crippen MR) is 70.8 cm³/mol. The van der Waals surface area contributed by atoms with Crippen LogP contribution in [-0.4, -0.2) is 49.4 Å². The minimum absolute atomic E-state index is 0.636. The summed E-state index contributed by atoms with van der Waals surface area (Å²) >= 11 is 0. The molecule has 0 amide bonds. The highest BCUT2D eigenvalue weighted by Gasteiger charge is 2.18. The molecular weight excluding hydrogens is 228 g/mol. The number of morpholine rings is 1. The lowest BCUT2D eigenvalue weighted by molar-refractivity contribution is 0.0673. The van der Waals surface area contributed by atoms with Gasteiger partial charge in [0.15, 0.2) is 0 Å². The van der Waals surface area contributed by atoms with Gasteiger partial charge in [0.2, 0.25) is 0 Å². The van der Waals surface area contributed by atoms with Crippen LogP contribution in [0, 0.1) is 0 Å². The van der Waals surface area contributed by atoms with E-state index < -0.39 is 0 Å². The maximum Gasteiger partial charge on any atom is 0.149 e. The van der Waals surface area contributed by atoms with E-state index in [9.17, 15) is 0 Å². The Morgan fingerprint density at radius 3 is 2.56 bits per heavy atom. The number of amidine groups is 2. The largest absolute Gasteiger partial charge is 0.378 e. The van der Waals surface area contributed by atoms with Gasteiger partial charge in [-0.25, -0.2) is 0 Å². The molecule has 0 aromatic heterocycles. The van der Waals surface area contributed by atoms with Crippen LogP contribution in [0.3, 0.4) is 0 Å². The first-order valence-corrected chi connectivity index (χ1v) is 6.18. The van der Waals surface area contributed by atoms with Crippen molar-refractivity contribution in [3.63, 3.8) is 0 Å². The van der Waals surface area contributed by atoms with Gasteiger partial charge in [-0.3, -0.25) is 10.4 Å². The maximum atomic E-state index is 5.33. The molecule has 2 aliphatic rings. The van der Waals surface area contributed by atoms with Crippen LogP contribution in [0.25, 0.3) is 0 Å². The number of aliphatic imine (C=N–C) groups is 1. The van der Waals surface area contributed by atoms with E-state index in [0.717, 1.165) is 43.5 Å². The van der Waals surface area contributed by atoms with Gasteiger partial charge in [0, 0.05) is 18.7 Å². The summed E-state index contributed by atoms with van der Waals surface area (Å²) in [7, 11) is 0. The molecule has 3 rings (SSSR count). The lowest BCUT2D eigenvalue weighted by Crippen LogP contribution is -2.44. The average molecular weight is 244 g/mol. The van der Waals surface area contributed by atoms with Crippen molar-refractivity contribution in [1.82, 2.24) is 10.3 Å². The Kier molecular flexibility index (Phi) is 3.23. The SMILES string of the molecule is c1ccc(C2=NCC(N3CCOCC3)=NN2)cc1. The van der Waals surface area contributed by atoms with Crippen molar-refractivity contribution in [2.45, 2.75) is 0 Å². The molecule has 0 radical (unpaired) electrons. The summed E-state index contributed by atoms with van der Waals surface area (Å²) in [5.41, 5.74) is 4.11. The molecule has 5 nitrogen and oxygen atoms in total. The van der Waals surface area contributed by atoms with Gasteiger partial charge in [-0.15, -0.1) is 0 Å². The van der Waals surface area contributed by atoms with Crippen molar-refractivity contribution >= 4 is 11.7 Å². The first-order chi connectivity index (χ1) is 8.93. The van der Waals surface area contributed by atoms with Crippen LogP contribution < -0.4 is 5.43 Å². The van der Waals surface area contributed by atoms with Gasteiger partial charge in [-0.1, -0.05) is 30.3 Å². The number of rotatable bonds is 1. The first kappa shape index (κ1) is 11.2. The summed E-state index contributed by atoms with van der Waals surface area (Å²) in [4.78, 5) is 6.77. The molecule has 2 aliphatic heterocycles. The van der Waals surface area contributed by atoms with E-state index in [2.05, 4.69) is 20.4 Å². The second-order valence-corrected chi connectivity index (χ2v) is 4.27. The zero-order valence-electron chi connectivity index (χ0n) is 10.2. The lowest BCUT2D eigenvalue weighted by atomic mass is 10.2. The molecule has 18 heavy (non-hydrogen) atoms. The fraction of sp³-hybridized carbons (Fsp3) is 0.385. The second-order valence-electron chi connectivity index (χ2n) is 4.27. The standard InChI is InChI=1S/C13H16N4O/c1-2-4-11(5-3-1)13-14-10-12(15-16-13)17-6-8-18-9-7-17/h1-5H,6-10H2,(H,14,16). The molecule has 0 unspecified atom stereocenters. The van der Waals surface area contributed by atoms with E-state index in [1.165, 1.54) is 0 Å². The second kappa shape index (κ2) is 5.18. The summed E-state index contributed by atoms with van der Waals surface area (Å²) < 4.78 is 5.33.